The maximum atomic E-state index is 12.9. The number of carboxylic acids is 1. The molecule has 6 nitrogen and oxygen atoms in total. The second-order valence-corrected chi connectivity index (χ2v) is 9.86. The van der Waals surface area contributed by atoms with Crippen molar-refractivity contribution in [1.82, 2.24) is 9.47 Å². The zero-order valence-electron chi connectivity index (χ0n) is 18.0. The van der Waals surface area contributed by atoms with E-state index in [4.69, 9.17) is 4.74 Å². The first-order valence-corrected chi connectivity index (χ1v) is 11.5. The molecule has 5 rings (SSSR count). The summed E-state index contributed by atoms with van der Waals surface area (Å²) in [5.74, 6) is -0.538. The number of hydrogen-bond acceptors (Lipinski definition) is 5. The largest absolute Gasteiger partial charge is 0.494 e. The van der Waals surface area contributed by atoms with Crippen molar-refractivity contribution in [2.45, 2.75) is 44.2 Å². The molecule has 7 heteroatoms. The highest BCUT2D eigenvalue weighted by Crippen LogP contribution is 2.47. The quantitative estimate of drug-likeness (QED) is 0.625. The fourth-order valence-corrected chi connectivity index (χ4v) is 6.09. The molecule has 1 N–H and O–H groups in total. The first kappa shape index (κ1) is 20.3. The van der Waals surface area contributed by atoms with E-state index in [1.807, 2.05) is 10.6 Å². The minimum Gasteiger partial charge on any atom is -0.494 e. The molecule has 0 spiro atoms. The molecule has 2 aliphatic carbocycles. The Morgan fingerprint density at radius 1 is 1.26 bits per heavy atom. The van der Waals surface area contributed by atoms with Gasteiger partial charge in [-0.25, -0.2) is 4.79 Å². The van der Waals surface area contributed by atoms with Gasteiger partial charge in [-0.2, -0.15) is 0 Å². The number of aromatic nitrogens is 1. The summed E-state index contributed by atoms with van der Waals surface area (Å²) in [6.45, 7) is 0. The van der Waals surface area contributed by atoms with Gasteiger partial charge in [-0.15, -0.1) is 11.3 Å². The van der Waals surface area contributed by atoms with E-state index >= 15 is 0 Å². The van der Waals surface area contributed by atoms with Crippen LogP contribution >= 0.6 is 11.3 Å². The van der Waals surface area contributed by atoms with Crippen LogP contribution in [0.3, 0.4) is 0 Å². The normalized spacial score (nSPS) is 18.4. The number of hydrogen-bond donors (Lipinski definition) is 1. The van der Waals surface area contributed by atoms with Crippen molar-refractivity contribution in [3.05, 3.63) is 50.6 Å². The lowest BCUT2D eigenvalue weighted by atomic mass is 9.92. The number of ether oxygens (including phenoxy) is 1. The zero-order valence-corrected chi connectivity index (χ0v) is 18.8. The van der Waals surface area contributed by atoms with Gasteiger partial charge >= 0.3 is 5.97 Å². The number of pyridine rings is 1. The highest BCUT2D eigenvalue weighted by atomic mass is 32.1. The fourth-order valence-electron chi connectivity index (χ4n) is 4.81. The molecule has 31 heavy (non-hydrogen) atoms. The van der Waals surface area contributed by atoms with Gasteiger partial charge in [0.2, 0.25) is 5.43 Å². The third-order valence-electron chi connectivity index (χ3n) is 6.49. The molecule has 1 aromatic carbocycles. The van der Waals surface area contributed by atoms with Crippen LogP contribution in [0.4, 0.5) is 0 Å². The summed E-state index contributed by atoms with van der Waals surface area (Å²) in [6, 6.07) is 6.58. The van der Waals surface area contributed by atoms with E-state index < -0.39 is 11.4 Å². The van der Waals surface area contributed by atoms with E-state index in [1.165, 1.54) is 23.1 Å². The molecule has 0 aliphatic heterocycles. The van der Waals surface area contributed by atoms with Crippen LogP contribution in [0.2, 0.25) is 0 Å². The smallest absolute Gasteiger partial charge is 0.341 e. The van der Waals surface area contributed by atoms with Crippen molar-refractivity contribution >= 4 is 28.2 Å². The maximum Gasteiger partial charge on any atom is 0.341 e. The molecule has 2 aromatic heterocycles. The van der Waals surface area contributed by atoms with Gasteiger partial charge in [-0.05, 0) is 70.0 Å². The maximum absolute atomic E-state index is 12.9. The highest BCUT2D eigenvalue weighted by molar-refractivity contribution is 7.15. The molecular formula is C24H26N2O4S. The zero-order chi connectivity index (χ0) is 21.9. The second-order valence-electron chi connectivity index (χ2n) is 8.72. The van der Waals surface area contributed by atoms with Gasteiger partial charge < -0.3 is 19.3 Å². The first-order valence-electron chi connectivity index (χ1n) is 10.7. The summed E-state index contributed by atoms with van der Waals surface area (Å²) in [6.07, 6.45) is 6.88. The molecule has 2 heterocycles. The molecule has 1 atom stereocenters. The molecule has 3 aromatic rings. The predicted molar refractivity (Wildman–Crippen MR) is 123 cm³/mol. The Hall–Kier alpha value is -2.64. The van der Waals surface area contributed by atoms with E-state index in [0.29, 0.717) is 22.7 Å². The lowest BCUT2D eigenvalue weighted by Gasteiger charge is -2.28. The van der Waals surface area contributed by atoms with Crippen molar-refractivity contribution in [3.8, 4) is 16.2 Å². The van der Waals surface area contributed by atoms with Gasteiger partial charge in [0.1, 0.15) is 5.56 Å². The first-order chi connectivity index (χ1) is 14.9. The van der Waals surface area contributed by atoms with E-state index in [-0.39, 0.29) is 11.6 Å². The number of carbonyl (C=O) groups is 1. The SMILES string of the molecule is COc1c(-c2cc3c(s2)CCCC3N(C)C)ccc2c(=O)c(C(=O)O)cn(C3CC3)c12. The van der Waals surface area contributed by atoms with Crippen LogP contribution in [0.15, 0.2) is 29.2 Å². The van der Waals surface area contributed by atoms with Crippen molar-refractivity contribution in [2.75, 3.05) is 21.2 Å². The molecule has 1 fully saturated rings. The molecule has 0 radical (unpaired) electrons. The fraction of sp³-hybridized carbons (Fsp3) is 0.417. The number of thiophene rings is 1. The number of nitrogens with zero attached hydrogens (tertiary/aromatic N) is 2. The Morgan fingerprint density at radius 2 is 2.03 bits per heavy atom. The van der Waals surface area contributed by atoms with Crippen LogP contribution in [0.5, 0.6) is 5.75 Å². The van der Waals surface area contributed by atoms with Crippen LogP contribution in [0, 0.1) is 0 Å². The standard InChI is InChI=1S/C24H26N2O4S/c1-25(2)18-5-4-6-19-16(18)11-20(31-19)14-9-10-15-21(23(14)30-3)26(13-7-8-13)12-17(22(15)27)24(28)29/h9-13,18H,4-8H2,1-3H3,(H,28,29). The van der Waals surface area contributed by atoms with Gasteiger partial charge in [0.15, 0.2) is 5.75 Å². The van der Waals surface area contributed by atoms with Gasteiger partial charge in [-0.1, -0.05) is 0 Å². The molecule has 162 valence electrons. The Balaban J connectivity index is 1.75. The Kier molecular flexibility index (Phi) is 4.90. The van der Waals surface area contributed by atoms with E-state index in [1.54, 1.807) is 24.5 Å². The third-order valence-corrected chi connectivity index (χ3v) is 7.74. The number of benzene rings is 1. The van der Waals surface area contributed by atoms with E-state index in [9.17, 15) is 14.7 Å². The van der Waals surface area contributed by atoms with Crippen LogP contribution in [-0.4, -0.2) is 41.7 Å². The molecular weight excluding hydrogens is 412 g/mol. The molecule has 1 saturated carbocycles. The Morgan fingerprint density at radius 3 is 2.68 bits per heavy atom. The number of methoxy groups -OCH3 is 1. The number of fused-ring (bicyclic) bond motifs is 2. The second kappa shape index (κ2) is 7.50. The lowest BCUT2D eigenvalue weighted by Crippen LogP contribution is -2.22. The van der Waals surface area contributed by atoms with Gasteiger partial charge in [-0.3, -0.25) is 4.79 Å². The van der Waals surface area contributed by atoms with Crippen molar-refractivity contribution in [3.63, 3.8) is 0 Å². The molecule has 2 aliphatic rings. The van der Waals surface area contributed by atoms with Crippen LogP contribution in [0.1, 0.15) is 58.6 Å². The summed E-state index contributed by atoms with van der Waals surface area (Å²) < 4.78 is 7.83. The van der Waals surface area contributed by atoms with E-state index in [2.05, 4.69) is 25.1 Å². The third kappa shape index (κ3) is 3.27. The summed E-state index contributed by atoms with van der Waals surface area (Å²) >= 11 is 1.80. The van der Waals surface area contributed by atoms with Crippen LogP contribution in [-0.2, 0) is 6.42 Å². The Bertz CT molecular complexity index is 1250. The predicted octanol–water partition coefficient (Wildman–Crippen LogP) is 4.71. The molecule has 0 amide bonds. The summed E-state index contributed by atoms with van der Waals surface area (Å²) in [5.41, 5.74) is 2.41. The average molecular weight is 439 g/mol. The lowest BCUT2D eigenvalue weighted by molar-refractivity contribution is 0.0695. The summed E-state index contributed by atoms with van der Waals surface area (Å²) in [5, 5.41) is 9.93. The van der Waals surface area contributed by atoms with Gasteiger partial charge in [0, 0.05) is 33.6 Å². The molecule has 0 bridgehead atoms. The molecule has 1 unspecified atom stereocenters. The number of carboxylic acid groups (broad SMARTS) is 1. The topological polar surface area (TPSA) is 71.8 Å². The number of aromatic carboxylic acids is 1. The summed E-state index contributed by atoms with van der Waals surface area (Å²) in [7, 11) is 5.88. The highest BCUT2D eigenvalue weighted by Gasteiger charge is 2.30. The van der Waals surface area contributed by atoms with Crippen LogP contribution < -0.4 is 10.2 Å². The number of aryl methyl sites for hydroxylation is 1. The van der Waals surface area contributed by atoms with Crippen molar-refractivity contribution in [1.29, 1.82) is 0 Å². The van der Waals surface area contributed by atoms with E-state index in [0.717, 1.165) is 36.1 Å². The summed E-state index contributed by atoms with van der Waals surface area (Å²) in [4.78, 5) is 29.4. The average Bonchev–Trinajstić information content (AvgIpc) is 3.50. The van der Waals surface area contributed by atoms with Gasteiger partial charge in [0.25, 0.3) is 0 Å². The molecule has 0 saturated heterocycles. The Labute approximate surface area is 184 Å². The number of rotatable bonds is 5. The monoisotopic (exact) mass is 438 g/mol. The van der Waals surface area contributed by atoms with Crippen molar-refractivity contribution in [2.24, 2.45) is 0 Å². The van der Waals surface area contributed by atoms with Crippen LogP contribution in [0.25, 0.3) is 21.3 Å². The van der Waals surface area contributed by atoms with Crippen molar-refractivity contribution < 1.29 is 14.6 Å². The van der Waals surface area contributed by atoms with Gasteiger partial charge in [0.05, 0.1) is 18.0 Å². The minimum atomic E-state index is -1.19. The minimum absolute atomic E-state index is 0.186.